The number of aromatic carboxylic acids is 1. The van der Waals surface area contributed by atoms with E-state index in [1.165, 1.54) is 19.3 Å². The number of hydrogen-bond donors (Lipinski definition) is 1. The van der Waals surface area contributed by atoms with Crippen molar-refractivity contribution in [3.8, 4) is 0 Å². The van der Waals surface area contributed by atoms with Crippen LogP contribution in [-0.4, -0.2) is 30.4 Å². The zero-order valence-electron chi connectivity index (χ0n) is 11.9. The first kappa shape index (κ1) is 15.0. The maximum Gasteiger partial charge on any atom is 0.335 e. The minimum Gasteiger partial charge on any atom is -0.478 e. The number of hydrogen-bond acceptors (Lipinski definition) is 3. The van der Waals surface area contributed by atoms with Gasteiger partial charge >= 0.3 is 5.97 Å². The Hall–Kier alpha value is -1.39. The second-order valence-corrected chi connectivity index (χ2v) is 5.20. The lowest BCUT2D eigenvalue weighted by molar-refractivity contribution is -0.137. The van der Waals surface area contributed by atoms with Gasteiger partial charge in [-0.2, -0.15) is 0 Å². The van der Waals surface area contributed by atoms with Gasteiger partial charge in [0.25, 0.3) is 0 Å². The number of carbonyl (C=O) groups is 1. The largest absolute Gasteiger partial charge is 0.478 e. The molecule has 1 aliphatic heterocycles. The highest BCUT2D eigenvalue weighted by atomic mass is 16.6. The van der Waals surface area contributed by atoms with Crippen LogP contribution < -0.4 is 0 Å². The Morgan fingerprint density at radius 3 is 2.50 bits per heavy atom. The zero-order chi connectivity index (χ0) is 14.4. The lowest BCUT2D eigenvalue weighted by atomic mass is 10.1. The highest BCUT2D eigenvalue weighted by Crippen LogP contribution is 2.25. The van der Waals surface area contributed by atoms with Gasteiger partial charge in [-0.15, -0.1) is 0 Å². The molecule has 1 heterocycles. The van der Waals surface area contributed by atoms with Crippen molar-refractivity contribution in [2.24, 2.45) is 0 Å². The minimum atomic E-state index is -0.909. The summed E-state index contributed by atoms with van der Waals surface area (Å²) in [6, 6.07) is 6.81. The van der Waals surface area contributed by atoms with Gasteiger partial charge in [0.1, 0.15) is 6.10 Å². The van der Waals surface area contributed by atoms with Crippen LogP contribution in [0.3, 0.4) is 0 Å². The third-order valence-corrected chi connectivity index (χ3v) is 3.63. The van der Waals surface area contributed by atoms with Crippen LogP contribution in [0.5, 0.6) is 0 Å². The maximum atomic E-state index is 10.8. The molecule has 20 heavy (non-hydrogen) atoms. The summed E-state index contributed by atoms with van der Waals surface area (Å²) in [5, 5.41) is 8.87. The number of benzene rings is 1. The normalized spacial score (nSPS) is 22.6. The average Bonchev–Trinajstić information content (AvgIpc) is 2.48. The van der Waals surface area contributed by atoms with E-state index in [2.05, 4.69) is 6.92 Å². The summed E-state index contributed by atoms with van der Waals surface area (Å²) in [6.07, 6.45) is 4.81. The Morgan fingerprint density at radius 1 is 1.20 bits per heavy atom. The van der Waals surface area contributed by atoms with E-state index >= 15 is 0 Å². The third kappa shape index (κ3) is 4.05. The first-order chi connectivity index (χ1) is 9.70. The molecular weight excluding hydrogens is 256 g/mol. The van der Waals surface area contributed by atoms with E-state index in [4.69, 9.17) is 14.6 Å². The van der Waals surface area contributed by atoms with Gasteiger partial charge in [0.05, 0.1) is 24.9 Å². The molecule has 1 aromatic carbocycles. The molecule has 0 bridgehead atoms. The van der Waals surface area contributed by atoms with Crippen molar-refractivity contribution >= 4 is 5.97 Å². The van der Waals surface area contributed by atoms with E-state index in [0.29, 0.717) is 18.8 Å². The molecule has 2 rings (SSSR count). The van der Waals surface area contributed by atoms with Crippen LogP contribution in [0.25, 0.3) is 0 Å². The van der Waals surface area contributed by atoms with Crippen LogP contribution in [0.4, 0.5) is 0 Å². The molecular formula is C16H22O4. The molecule has 0 radical (unpaired) electrons. The van der Waals surface area contributed by atoms with Crippen LogP contribution in [0.1, 0.15) is 54.6 Å². The Kier molecular flexibility index (Phi) is 5.56. The summed E-state index contributed by atoms with van der Waals surface area (Å²) in [5.74, 6) is -0.909. The van der Waals surface area contributed by atoms with Crippen molar-refractivity contribution < 1.29 is 19.4 Å². The predicted molar refractivity (Wildman–Crippen MR) is 76.0 cm³/mol. The Labute approximate surface area is 119 Å². The minimum absolute atomic E-state index is 0.0831. The van der Waals surface area contributed by atoms with Crippen LogP contribution in [0.15, 0.2) is 24.3 Å². The number of unbranched alkanes of at least 4 members (excludes halogenated alkanes) is 2. The number of ether oxygens (including phenoxy) is 2. The maximum absolute atomic E-state index is 10.8. The van der Waals surface area contributed by atoms with Gasteiger partial charge in [-0.3, -0.25) is 0 Å². The van der Waals surface area contributed by atoms with Gasteiger partial charge in [-0.25, -0.2) is 4.79 Å². The summed E-state index contributed by atoms with van der Waals surface area (Å²) < 4.78 is 11.7. The molecule has 1 N–H and O–H groups in total. The number of rotatable bonds is 6. The molecule has 0 aromatic heterocycles. The topological polar surface area (TPSA) is 55.8 Å². The van der Waals surface area contributed by atoms with Gasteiger partial charge < -0.3 is 14.6 Å². The van der Waals surface area contributed by atoms with Gasteiger partial charge in [0.2, 0.25) is 0 Å². The van der Waals surface area contributed by atoms with Crippen molar-refractivity contribution in [1.82, 2.24) is 0 Å². The standard InChI is InChI=1S/C16H22O4/c1-2-3-4-5-14-10-20-15(11-19-14)12-6-8-13(9-7-12)16(17)18/h6-9,14-15H,2-5,10-11H2,1H3,(H,17,18)/t14-,15-/m1/s1. The van der Waals surface area contributed by atoms with E-state index in [1.54, 1.807) is 24.3 Å². The van der Waals surface area contributed by atoms with E-state index < -0.39 is 5.97 Å². The SMILES string of the molecule is CCCCC[C@@H]1CO[C@@H](c2ccc(C(=O)O)cc2)CO1. The van der Waals surface area contributed by atoms with E-state index in [1.807, 2.05) is 0 Å². The van der Waals surface area contributed by atoms with Crippen LogP contribution in [-0.2, 0) is 9.47 Å². The van der Waals surface area contributed by atoms with Crippen molar-refractivity contribution in [2.75, 3.05) is 13.2 Å². The Balaban J connectivity index is 1.82. The molecule has 1 saturated heterocycles. The Morgan fingerprint density at radius 2 is 1.95 bits per heavy atom. The first-order valence-electron chi connectivity index (χ1n) is 7.27. The molecule has 110 valence electrons. The second kappa shape index (κ2) is 7.41. The molecule has 4 nitrogen and oxygen atoms in total. The fraction of sp³-hybridized carbons (Fsp3) is 0.562. The second-order valence-electron chi connectivity index (χ2n) is 5.20. The van der Waals surface area contributed by atoms with E-state index in [9.17, 15) is 4.79 Å². The molecule has 4 heteroatoms. The monoisotopic (exact) mass is 278 g/mol. The lowest BCUT2D eigenvalue weighted by Crippen LogP contribution is -2.31. The molecule has 1 aromatic rings. The summed E-state index contributed by atoms with van der Waals surface area (Å²) in [4.78, 5) is 10.8. The number of carboxylic acids is 1. The average molecular weight is 278 g/mol. The van der Waals surface area contributed by atoms with Gasteiger partial charge in [-0.05, 0) is 24.1 Å². The molecule has 1 fully saturated rings. The highest BCUT2D eigenvalue weighted by molar-refractivity contribution is 5.87. The van der Waals surface area contributed by atoms with Crippen LogP contribution >= 0.6 is 0 Å². The predicted octanol–water partition coefficient (Wildman–Crippen LogP) is 3.42. The molecule has 1 aliphatic rings. The molecule has 0 unspecified atom stereocenters. The third-order valence-electron chi connectivity index (χ3n) is 3.63. The molecule has 0 aliphatic carbocycles. The molecule has 0 saturated carbocycles. The first-order valence-corrected chi connectivity index (χ1v) is 7.27. The molecule has 2 atom stereocenters. The van der Waals surface area contributed by atoms with Crippen molar-refractivity contribution in [3.05, 3.63) is 35.4 Å². The zero-order valence-corrected chi connectivity index (χ0v) is 11.9. The van der Waals surface area contributed by atoms with Gasteiger partial charge in [0.15, 0.2) is 0 Å². The van der Waals surface area contributed by atoms with E-state index in [-0.39, 0.29) is 12.2 Å². The highest BCUT2D eigenvalue weighted by Gasteiger charge is 2.23. The summed E-state index contributed by atoms with van der Waals surface area (Å²) in [7, 11) is 0. The quantitative estimate of drug-likeness (QED) is 0.810. The summed E-state index contributed by atoms with van der Waals surface area (Å²) in [6.45, 7) is 3.35. The molecule has 0 amide bonds. The van der Waals surface area contributed by atoms with Crippen molar-refractivity contribution in [2.45, 2.75) is 44.8 Å². The van der Waals surface area contributed by atoms with Gasteiger partial charge in [-0.1, -0.05) is 38.3 Å². The fourth-order valence-corrected chi connectivity index (χ4v) is 2.36. The smallest absolute Gasteiger partial charge is 0.335 e. The number of carboxylic acid groups (broad SMARTS) is 1. The van der Waals surface area contributed by atoms with Crippen molar-refractivity contribution in [1.29, 1.82) is 0 Å². The van der Waals surface area contributed by atoms with Crippen LogP contribution in [0.2, 0.25) is 0 Å². The van der Waals surface area contributed by atoms with Gasteiger partial charge in [0, 0.05) is 0 Å². The summed E-state index contributed by atoms with van der Waals surface area (Å²) >= 11 is 0. The summed E-state index contributed by atoms with van der Waals surface area (Å²) in [5.41, 5.74) is 1.27. The van der Waals surface area contributed by atoms with Crippen molar-refractivity contribution in [3.63, 3.8) is 0 Å². The van der Waals surface area contributed by atoms with Crippen LogP contribution in [0, 0.1) is 0 Å². The van der Waals surface area contributed by atoms with E-state index in [0.717, 1.165) is 12.0 Å². The molecule has 0 spiro atoms. The fourth-order valence-electron chi connectivity index (χ4n) is 2.36. The Bertz CT molecular complexity index is 419. The lowest BCUT2D eigenvalue weighted by Gasteiger charge is -2.30.